The van der Waals surface area contributed by atoms with Crippen molar-refractivity contribution in [2.45, 2.75) is 52.1 Å². The van der Waals surface area contributed by atoms with Crippen LogP contribution < -0.4 is 11.1 Å². The van der Waals surface area contributed by atoms with Gasteiger partial charge in [0.1, 0.15) is 0 Å². The van der Waals surface area contributed by atoms with E-state index in [0.29, 0.717) is 6.42 Å². The Bertz CT molecular complexity index is 450. The molecule has 19 heavy (non-hydrogen) atoms. The number of carbonyl (C=O) groups is 1. The highest BCUT2D eigenvalue weighted by atomic mass is 16.1. The highest BCUT2D eigenvalue weighted by Crippen LogP contribution is 2.38. The molecule has 2 unspecified atom stereocenters. The molecule has 0 spiro atoms. The summed E-state index contributed by atoms with van der Waals surface area (Å²) in [7, 11) is 0. The van der Waals surface area contributed by atoms with Gasteiger partial charge < -0.3 is 11.1 Å². The number of nitrogens with one attached hydrogen (secondary N) is 1. The average molecular weight is 260 g/mol. The van der Waals surface area contributed by atoms with Crippen LogP contribution in [0.3, 0.4) is 0 Å². The van der Waals surface area contributed by atoms with Gasteiger partial charge in [-0.3, -0.25) is 4.79 Å². The predicted octanol–water partition coefficient (Wildman–Crippen LogP) is 2.17. The lowest BCUT2D eigenvalue weighted by Gasteiger charge is -2.50. The van der Waals surface area contributed by atoms with E-state index in [1.54, 1.807) is 0 Å². The molecule has 2 rings (SSSR count). The first-order valence-corrected chi connectivity index (χ1v) is 7.00. The Hall–Kier alpha value is -1.35. The smallest absolute Gasteiger partial charge is 0.220 e. The summed E-state index contributed by atoms with van der Waals surface area (Å²) in [5.74, 6) is 0.130. The standard InChI is InChI=1S/C16H24N2O/c1-11-4-6-12(7-5-11)8-9-15(19)18-14-10-13(17)16(14,2)3/h4-7,13-14H,8-10,17H2,1-3H3,(H,18,19). The molecular weight excluding hydrogens is 236 g/mol. The number of nitrogens with two attached hydrogens (primary N) is 1. The van der Waals surface area contributed by atoms with Gasteiger partial charge in [-0.15, -0.1) is 0 Å². The van der Waals surface area contributed by atoms with E-state index in [1.807, 2.05) is 0 Å². The monoisotopic (exact) mass is 260 g/mol. The topological polar surface area (TPSA) is 55.1 Å². The minimum Gasteiger partial charge on any atom is -0.353 e. The molecule has 1 fully saturated rings. The lowest BCUT2D eigenvalue weighted by atomic mass is 9.63. The fourth-order valence-corrected chi connectivity index (χ4v) is 2.48. The Balaban J connectivity index is 1.78. The lowest BCUT2D eigenvalue weighted by molar-refractivity contribution is -0.124. The second-order valence-electron chi connectivity index (χ2n) is 6.27. The number of benzene rings is 1. The number of carbonyl (C=O) groups excluding carboxylic acids is 1. The van der Waals surface area contributed by atoms with Gasteiger partial charge in [0.25, 0.3) is 0 Å². The van der Waals surface area contributed by atoms with Crippen LogP contribution in [0.25, 0.3) is 0 Å². The molecule has 1 amide bonds. The number of rotatable bonds is 4. The van der Waals surface area contributed by atoms with E-state index in [-0.39, 0.29) is 23.4 Å². The molecule has 1 aromatic rings. The van der Waals surface area contributed by atoms with Crippen LogP contribution in [0.2, 0.25) is 0 Å². The first kappa shape index (κ1) is 14.1. The number of hydrogen-bond donors (Lipinski definition) is 2. The molecule has 2 atom stereocenters. The largest absolute Gasteiger partial charge is 0.353 e. The van der Waals surface area contributed by atoms with Gasteiger partial charge >= 0.3 is 0 Å². The maximum atomic E-state index is 11.9. The predicted molar refractivity (Wildman–Crippen MR) is 77.8 cm³/mol. The fraction of sp³-hybridized carbons (Fsp3) is 0.562. The van der Waals surface area contributed by atoms with Gasteiger partial charge in [0.15, 0.2) is 0 Å². The highest BCUT2D eigenvalue weighted by molar-refractivity contribution is 5.76. The third kappa shape index (κ3) is 3.16. The van der Waals surface area contributed by atoms with Gasteiger partial charge in [0, 0.05) is 23.9 Å². The molecule has 0 bridgehead atoms. The fourth-order valence-electron chi connectivity index (χ4n) is 2.48. The van der Waals surface area contributed by atoms with Crippen LogP contribution in [0.1, 0.15) is 37.8 Å². The Labute approximate surface area is 115 Å². The normalized spacial score (nSPS) is 24.6. The highest BCUT2D eigenvalue weighted by Gasteiger charge is 2.46. The van der Waals surface area contributed by atoms with Crippen molar-refractivity contribution in [2.75, 3.05) is 0 Å². The van der Waals surface area contributed by atoms with Gasteiger partial charge in [-0.2, -0.15) is 0 Å². The Morgan fingerprint density at radius 2 is 2.00 bits per heavy atom. The summed E-state index contributed by atoms with van der Waals surface area (Å²) in [4.78, 5) is 11.9. The maximum Gasteiger partial charge on any atom is 0.220 e. The van der Waals surface area contributed by atoms with Gasteiger partial charge in [-0.05, 0) is 25.3 Å². The van der Waals surface area contributed by atoms with Crippen molar-refractivity contribution >= 4 is 5.91 Å². The van der Waals surface area contributed by atoms with Crippen LogP contribution in [0.5, 0.6) is 0 Å². The first-order valence-electron chi connectivity index (χ1n) is 7.00. The minimum atomic E-state index is 0.0273. The van der Waals surface area contributed by atoms with Crippen molar-refractivity contribution in [3.63, 3.8) is 0 Å². The SMILES string of the molecule is Cc1ccc(CCC(=O)NC2CC(N)C2(C)C)cc1. The summed E-state index contributed by atoms with van der Waals surface area (Å²) in [5, 5.41) is 3.10. The van der Waals surface area contributed by atoms with E-state index in [4.69, 9.17) is 5.73 Å². The van der Waals surface area contributed by atoms with Gasteiger partial charge in [-0.1, -0.05) is 43.7 Å². The molecule has 1 aliphatic rings. The van der Waals surface area contributed by atoms with Gasteiger partial charge in [0.2, 0.25) is 5.91 Å². The maximum absolute atomic E-state index is 11.9. The third-order valence-electron chi connectivity index (χ3n) is 4.44. The molecule has 0 aromatic heterocycles. The average Bonchev–Trinajstić information content (AvgIpc) is 2.38. The van der Waals surface area contributed by atoms with Crippen LogP contribution in [0, 0.1) is 12.3 Å². The van der Waals surface area contributed by atoms with E-state index in [2.05, 4.69) is 50.4 Å². The summed E-state index contributed by atoms with van der Waals surface area (Å²) in [5.41, 5.74) is 8.44. The van der Waals surface area contributed by atoms with Crippen LogP contribution in [-0.4, -0.2) is 18.0 Å². The summed E-state index contributed by atoms with van der Waals surface area (Å²) in [6.07, 6.45) is 2.24. The molecule has 0 radical (unpaired) electrons. The molecular formula is C16H24N2O. The molecule has 0 heterocycles. The van der Waals surface area contributed by atoms with E-state index in [1.165, 1.54) is 11.1 Å². The molecule has 1 saturated carbocycles. The molecule has 1 aromatic carbocycles. The Morgan fingerprint density at radius 1 is 1.37 bits per heavy atom. The molecule has 3 nitrogen and oxygen atoms in total. The molecule has 0 saturated heterocycles. The van der Waals surface area contributed by atoms with Crippen LogP contribution in [0.4, 0.5) is 0 Å². The number of hydrogen-bond acceptors (Lipinski definition) is 2. The van der Waals surface area contributed by atoms with Gasteiger partial charge in [0.05, 0.1) is 0 Å². The van der Waals surface area contributed by atoms with E-state index < -0.39 is 0 Å². The van der Waals surface area contributed by atoms with Crippen molar-refractivity contribution < 1.29 is 4.79 Å². The molecule has 0 aliphatic heterocycles. The van der Waals surface area contributed by atoms with Crippen LogP contribution >= 0.6 is 0 Å². The van der Waals surface area contributed by atoms with E-state index in [0.717, 1.165) is 12.8 Å². The second-order valence-corrected chi connectivity index (χ2v) is 6.27. The zero-order chi connectivity index (χ0) is 14.0. The molecule has 3 heteroatoms. The van der Waals surface area contributed by atoms with Crippen molar-refractivity contribution in [3.05, 3.63) is 35.4 Å². The first-order chi connectivity index (χ1) is 8.89. The summed E-state index contributed by atoms with van der Waals surface area (Å²) in [6.45, 7) is 6.30. The summed E-state index contributed by atoms with van der Waals surface area (Å²) >= 11 is 0. The lowest BCUT2D eigenvalue weighted by Crippen LogP contribution is -2.64. The van der Waals surface area contributed by atoms with Crippen LogP contribution in [-0.2, 0) is 11.2 Å². The van der Waals surface area contributed by atoms with E-state index >= 15 is 0 Å². The summed E-state index contributed by atoms with van der Waals surface area (Å²) < 4.78 is 0. The quantitative estimate of drug-likeness (QED) is 0.871. The number of amides is 1. The zero-order valence-electron chi connectivity index (χ0n) is 12.1. The van der Waals surface area contributed by atoms with E-state index in [9.17, 15) is 4.79 Å². The van der Waals surface area contributed by atoms with Crippen molar-refractivity contribution in [1.82, 2.24) is 5.32 Å². The summed E-state index contributed by atoms with van der Waals surface area (Å²) in [6, 6.07) is 8.78. The van der Waals surface area contributed by atoms with Crippen molar-refractivity contribution in [3.8, 4) is 0 Å². The molecule has 1 aliphatic carbocycles. The Morgan fingerprint density at radius 3 is 2.53 bits per heavy atom. The third-order valence-corrected chi connectivity index (χ3v) is 4.44. The Kier molecular flexibility index (Phi) is 3.95. The minimum absolute atomic E-state index is 0.0273. The van der Waals surface area contributed by atoms with Gasteiger partial charge in [-0.25, -0.2) is 0 Å². The van der Waals surface area contributed by atoms with Crippen molar-refractivity contribution in [1.29, 1.82) is 0 Å². The molecule has 3 N–H and O–H groups in total. The van der Waals surface area contributed by atoms with Crippen LogP contribution in [0.15, 0.2) is 24.3 Å². The van der Waals surface area contributed by atoms with Crippen molar-refractivity contribution in [2.24, 2.45) is 11.1 Å². The molecule has 104 valence electrons. The second kappa shape index (κ2) is 5.33. The zero-order valence-corrected chi connectivity index (χ0v) is 12.1. The number of aryl methyl sites for hydroxylation is 2.